The fraction of sp³-hybridized carbons (Fsp3) is 0.100. The molecule has 72 valence electrons. The van der Waals surface area contributed by atoms with Gasteiger partial charge in [0, 0.05) is 18.3 Å². The monoisotopic (exact) mass is 191 g/mol. The van der Waals surface area contributed by atoms with Crippen molar-refractivity contribution in [3.05, 3.63) is 41.8 Å². The summed E-state index contributed by atoms with van der Waals surface area (Å²) in [5.74, 6) is -0.272. The van der Waals surface area contributed by atoms with Gasteiger partial charge in [-0.25, -0.2) is 4.39 Å². The minimum Gasteiger partial charge on any atom is -0.326 e. The lowest BCUT2D eigenvalue weighted by molar-refractivity contribution is 0.630. The highest BCUT2D eigenvalue weighted by Gasteiger charge is 2.06. The Bertz CT molecular complexity index is 423. The van der Waals surface area contributed by atoms with Crippen LogP contribution in [0.1, 0.15) is 5.56 Å². The first kappa shape index (κ1) is 8.90. The van der Waals surface area contributed by atoms with Crippen LogP contribution < -0.4 is 5.73 Å². The highest BCUT2D eigenvalue weighted by molar-refractivity contribution is 5.60. The highest BCUT2D eigenvalue weighted by Crippen LogP contribution is 2.21. The maximum Gasteiger partial charge on any atom is 0.132 e. The van der Waals surface area contributed by atoms with Gasteiger partial charge in [0.1, 0.15) is 5.82 Å². The van der Waals surface area contributed by atoms with E-state index in [0.29, 0.717) is 17.8 Å². The van der Waals surface area contributed by atoms with Crippen LogP contribution in [-0.4, -0.2) is 10.2 Å². The van der Waals surface area contributed by atoms with E-state index in [9.17, 15) is 4.39 Å². The first-order valence-corrected chi connectivity index (χ1v) is 4.29. The lowest BCUT2D eigenvalue weighted by Gasteiger charge is -2.02. The average Bonchev–Trinajstić information content (AvgIpc) is 2.71. The van der Waals surface area contributed by atoms with Crippen LogP contribution in [0.15, 0.2) is 30.5 Å². The molecule has 2 rings (SSSR count). The normalized spacial score (nSPS) is 10.4. The molecule has 2 aromatic rings. The Hall–Kier alpha value is -1.68. The Labute approximate surface area is 80.8 Å². The summed E-state index contributed by atoms with van der Waals surface area (Å²) in [7, 11) is 0. The topological polar surface area (TPSA) is 54.7 Å². The molecule has 1 aromatic heterocycles. The zero-order valence-electron chi connectivity index (χ0n) is 7.50. The van der Waals surface area contributed by atoms with E-state index in [1.807, 2.05) is 0 Å². The number of halogens is 1. The van der Waals surface area contributed by atoms with Gasteiger partial charge >= 0.3 is 0 Å². The summed E-state index contributed by atoms with van der Waals surface area (Å²) in [4.78, 5) is 0. The summed E-state index contributed by atoms with van der Waals surface area (Å²) in [5.41, 5.74) is 7.54. The fourth-order valence-electron chi connectivity index (χ4n) is 1.31. The van der Waals surface area contributed by atoms with Crippen LogP contribution in [0.3, 0.4) is 0 Å². The average molecular weight is 191 g/mol. The minimum atomic E-state index is -0.272. The van der Waals surface area contributed by atoms with E-state index in [0.717, 1.165) is 5.56 Å². The Kier molecular flexibility index (Phi) is 2.28. The number of nitrogens with zero attached hydrogens (tertiary/aromatic N) is 1. The van der Waals surface area contributed by atoms with Crippen molar-refractivity contribution < 1.29 is 4.39 Å². The molecule has 0 amide bonds. The van der Waals surface area contributed by atoms with Crippen molar-refractivity contribution >= 4 is 0 Å². The van der Waals surface area contributed by atoms with Crippen LogP contribution in [0, 0.1) is 5.82 Å². The molecular weight excluding hydrogens is 181 g/mol. The molecule has 0 radical (unpaired) electrons. The van der Waals surface area contributed by atoms with Gasteiger partial charge in [0.2, 0.25) is 0 Å². The molecule has 0 unspecified atom stereocenters. The zero-order valence-corrected chi connectivity index (χ0v) is 7.50. The smallest absolute Gasteiger partial charge is 0.132 e. The zero-order chi connectivity index (χ0) is 9.97. The standard InChI is InChI=1S/C10H10FN3/c11-9-2-1-7(6-12)5-8(9)10-3-4-13-14-10/h1-5H,6,12H2,(H,13,14). The lowest BCUT2D eigenvalue weighted by atomic mass is 10.1. The molecule has 1 aromatic carbocycles. The SMILES string of the molecule is NCc1ccc(F)c(-c2ccn[nH]2)c1. The van der Waals surface area contributed by atoms with Crippen molar-refractivity contribution in [2.75, 3.05) is 0 Å². The van der Waals surface area contributed by atoms with Crippen molar-refractivity contribution in [2.24, 2.45) is 5.73 Å². The van der Waals surface area contributed by atoms with Crippen molar-refractivity contribution in [3.63, 3.8) is 0 Å². The van der Waals surface area contributed by atoms with E-state index in [1.165, 1.54) is 6.07 Å². The Morgan fingerprint density at radius 2 is 2.21 bits per heavy atom. The summed E-state index contributed by atoms with van der Waals surface area (Å²) in [5, 5.41) is 6.49. The lowest BCUT2D eigenvalue weighted by Crippen LogP contribution is -1.97. The van der Waals surface area contributed by atoms with Gasteiger partial charge in [-0.15, -0.1) is 0 Å². The predicted molar refractivity (Wildman–Crippen MR) is 51.9 cm³/mol. The van der Waals surface area contributed by atoms with Gasteiger partial charge in [0.15, 0.2) is 0 Å². The van der Waals surface area contributed by atoms with Crippen LogP contribution >= 0.6 is 0 Å². The highest BCUT2D eigenvalue weighted by atomic mass is 19.1. The van der Waals surface area contributed by atoms with E-state index in [-0.39, 0.29) is 5.82 Å². The molecule has 0 spiro atoms. The number of hydrogen-bond donors (Lipinski definition) is 2. The predicted octanol–water partition coefficient (Wildman–Crippen LogP) is 1.67. The van der Waals surface area contributed by atoms with Crippen LogP contribution in [0.5, 0.6) is 0 Å². The molecule has 0 saturated heterocycles. The summed E-state index contributed by atoms with van der Waals surface area (Å²) in [6.45, 7) is 0.404. The van der Waals surface area contributed by atoms with Gasteiger partial charge in [0.05, 0.1) is 5.69 Å². The molecular formula is C10H10FN3. The fourth-order valence-corrected chi connectivity index (χ4v) is 1.31. The summed E-state index contributed by atoms with van der Waals surface area (Å²) in [6, 6.07) is 6.54. The minimum absolute atomic E-state index is 0.272. The molecule has 3 N–H and O–H groups in total. The van der Waals surface area contributed by atoms with Gasteiger partial charge in [-0.1, -0.05) is 6.07 Å². The maximum absolute atomic E-state index is 13.4. The third kappa shape index (κ3) is 1.52. The van der Waals surface area contributed by atoms with Crippen molar-refractivity contribution in [2.45, 2.75) is 6.54 Å². The van der Waals surface area contributed by atoms with Crippen LogP contribution in [0.25, 0.3) is 11.3 Å². The number of rotatable bonds is 2. The van der Waals surface area contributed by atoms with Crippen LogP contribution in [0.4, 0.5) is 4.39 Å². The van der Waals surface area contributed by atoms with Crippen molar-refractivity contribution in [1.82, 2.24) is 10.2 Å². The first-order valence-electron chi connectivity index (χ1n) is 4.29. The molecule has 0 saturated carbocycles. The molecule has 0 atom stereocenters. The summed E-state index contributed by atoms with van der Waals surface area (Å²) >= 11 is 0. The van der Waals surface area contributed by atoms with Gasteiger partial charge in [-0.05, 0) is 23.8 Å². The second-order valence-corrected chi connectivity index (χ2v) is 2.99. The molecule has 0 bridgehead atoms. The molecule has 0 aliphatic carbocycles. The number of nitrogens with two attached hydrogens (primary N) is 1. The van der Waals surface area contributed by atoms with Gasteiger partial charge < -0.3 is 5.73 Å². The number of H-pyrrole nitrogens is 1. The second-order valence-electron chi connectivity index (χ2n) is 2.99. The molecule has 0 aliphatic rings. The van der Waals surface area contributed by atoms with E-state index < -0.39 is 0 Å². The van der Waals surface area contributed by atoms with Crippen LogP contribution in [0.2, 0.25) is 0 Å². The van der Waals surface area contributed by atoms with Gasteiger partial charge in [-0.2, -0.15) is 5.10 Å². The Morgan fingerprint density at radius 3 is 2.86 bits per heavy atom. The molecule has 4 heteroatoms. The number of aromatic amines is 1. The van der Waals surface area contributed by atoms with Crippen LogP contribution in [-0.2, 0) is 6.54 Å². The molecule has 1 heterocycles. The molecule has 14 heavy (non-hydrogen) atoms. The van der Waals surface area contributed by atoms with Gasteiger partial charge in [0.25, 0.3) is 0 Å². The van der Waals surface area contributed by atoms with E-state index in [1.54, 1.807) is 24.4 Å². The van der Waals surface area contributed by atoms with E-state index >= 15 is 0 Å². The summed E-state index contributed by atoms with van der Waals surface area (Å²) in [6.07, 6.45) is 1.59. The Morgan fingerprint density at radius 1 is 1.36 bits per heavy atom. The van der Waals surface area contributed by atoms with Gasteiger partial charge in [-0.3, -0.25) is 5.10 Å². The quantitative estimate of drug-likeness (QED) is 0.758. The van der Waals surface area contributed by atoms with Crippen molar-refractivity contribution in [1.29, 1.82) is 0 Å². The third-order valence-corrected chi connectivity index (χ3v) is 2.06. The van der Waals surface area contributed by atoms with E-state index in [4.69, 9.17) is 5.73 Å². The molecule has 3 nitrogen and oxygen atoms in total. The number of benzene rings is 1. The number of aromatic nitrogens is 2. The third-order valence-electron chi connectivity index (χ3n) is 2.06. The number of hydrogen-bond acceptors (Lipinski definition) is 2. The van der Waals surface area contributed by atoms with E-state index in [2.05, 4.69) is 10.2 Å². The maximum atomic E-state index is 13.4. The van der Waals surface area contributed by atoms with Crippen molar-refractivity contribution in [3.8, 4) is 11.3 Å². The Balaban J connectivity index is 2.51. The second kappa shape index (κ2) is 3.59. The molecule has 0 fully saturated rings. The summed E-state index contributed by atoms with van der Waals surface area (Å²) < 4.78 is 13.4. The largest absolute Gasteiger partial charge is 0.326 e. The molecule has 0 aliphatic heterocycles. The number of nitrogens with one attached hydrogen (secondary N) is 1. The first-order chi connectivity index (χ1) is 6.81.